The van der Waals surface area contributed by atoms with Gasteiger partial charge < -0.3 is 54.0 Å². The Morgan fingerprint density at radius 1 is 0.492 bits per heavy atom. The molecule has 0 spiro atoms. The number of amides is 6. The average molecular weight is 915 g/mol. The van der Waals surface area contributed by atoms with E-state index < -0.39 is 17.7 Å². The summed E-state index contributed by atoms with van der Waals surface area (Å²) in [6, 6.07) is 3.84. The monoisotopic (exact) mass is 915 g/mol. The summed E-state index contributed by atoms with van der Waals surface area (Å²) in [5.74, 6) is -1.87. The summed E-state index contributed by atoms with van der Waals surface area (Å²) < 4.78 is 0. The van der Waals surface area contributed by atoms with Gasteiger partial charge in [-0.15, -0.1) is 0 Å². The van der Waals surface area contributed by atoms with E-state index in [0.717, 1.165) is 109 Å². The molecule has 0 fully saturated rings. The van der Waals surface area contributed by atoms with Crippen molar-refractivity contribution >= 4 is 46.8 Å². The molecule has 372 valence electrons. The molecule has 0 bridgehead atoms. The Balaban J connectivity index is 3.31. The van der Waals surface area contributed by atoms with Crippen LogP contribution in [0.2, 0.25) is 0 Å². The topological polar surface area (TPSA) is 261 Å². The zero-order chi connectivity index (χ0) is 48.1. The van der Waals surface area contributed by atoms with Gasteiger partial charge in [-0.05, 0) is 76.2 Å². The number of hydrogen-bond donors (Lipinski definition) is 8. The number of carbonyl (C=O) groups excluding carboxylic acids is 6. The maximum Gasteiger partial charge on any atom is 0.251 e. The number of nitrogens with one attached hydrogen (secondary N) is 4. The molecule has 16 nitrogen and oxygen atoms in total. The first-order chi connectivity index (χ1) is 31.4. The predicted octanol–water partition coefficient (Wildman–Crippen LogP) is 6.06. The van der Waals surface area contributed by atoms with Gasteiger partial charge in [-0.3, -0.25) is 28.8 Å². The van der Waals surface area contributed by atoms with Crippen LogP contribution in [0.5, 0.6) is 0 Å². The SMILES string of the molecule is CCCCCCCC(=O)NCCNC(=O)c1cc(NC(=O)CN(C[C@@H](N)CCCCN)C(=O)CCCCCCC)cc(NC(=O)CN(C[C@@H](N)CCCCN)C(=O)CCCCCCC)c1. The number of nitrogens with two attached hydrogens (primary N) is 4. The van der Waals surface area contributed by atoms with Crippen LogP contribution in [0.4, 0.5) is 11.4 Å². The van der Waals surface area contributed by atoms with E-state index in [9.17, 15) is 28.8 Å². The minimum absolute atomic E-state index is 0.0773. The van der Waals surface area contributed by atoms with Crippen LogP contribution in [0.1, 0.15) is 185 Å². The van der Waals surface area contributed by atoms with E-state index in [1.807, 2.05) is 0 Å². The fourth-order valence-corrected chi connectivity index (χ4v) is 7.54. The van der Waals surface area contributed by atoms with E-state index in [0.29, 0.717) is 58.0 Å². The van der Waals surface area contributed by atoms with Gasteiger partial charge in [0, 0.05) is 74.5 Å². The fraction of sp³-hybridized carbons (Fsp3) is 0.755. The first-order valence-electron chi connectivity index (χ1n) is 25.1. The van der Waals surface area contributed by atoms with Crippen molar-refractivity contribution in [1.29, 1.82) is 0 Å². The van der Waals surface area contributed by atoms with E-state index in [1.165, 1.54) is 28.0 Å². The van der Waals surface area contributed by atoms with Crippen molar-refractivity contribution in [2.75, 3.05) is 63.0 Å². The lowest BCUT2D eigenvalue weighted by atomic mass is 10.1. The second-order valence-corrected chi connectivity index (χ2v) is 17.6. The van der Waals surface area contributed by atoms with Gasteiger partial charge in [0.1, 0.15) is 0 Å². The van der Waals surface area contributed by atoms with Gasteiger partial charge in [-0.1, -0.05) is 111 Å². The Kier molecular flexibility index (Phi) is 34.5. The highest BCUT2D eigenvalue weighted by Crippen LogP contribution is 2.21. The van der Waals surface area contributed by atoms with Crippen LogP contribution >= 0.6 is 0 Å². The zero-order valence-electron chi connectivity index (χ0n) is 40.7. The molecule has 12 N–H and O–H groups in total. The molecule has 2 atom stereocenters. The molecule has 1 aromatic carbocycles. The van der Waals surface area contributed by atoms with Crippen molar-refractivity contribution in [2.45, 2.75) is 187 Å². The lowest BCUT2D eigenvalue weighted by Gasteiger charge is -2.26. The van der Waals surface area contributed by atoms with Gasteiger partial charge >= 0.3 is 0 Å². The Bertz CT molecular complexity index is 1410. The van der Waals surface area contributed by atoms with E-state index in [1.54, 1.807) is 0 Å². The third-order valence-corrected chi connectivity index (χ3v) is 11.3. The molecule has 1 rings (SSSR count). The minimum atomic E-state index is -0.495. The van der Waals surface area contributed by atoms with Gasteiger partial charge in [0.05, 0.1) is 13.1 Å². The predicted molar refractivity (Wildman–Crippen MR) is 264 cm³/mol. The summed E-state index contributed by atoms with van der Waals surface area (Å²) >= 11 is 0. The van der Waals surface area contributed by atoms with Crippen LogP contribution in [-0.4, -0.2) is 110 Å². The number of hydrogen-bond acceptors (Lipinski definition) is 10. The lowest BCUT2D eigenvalue weighted by molar-refractivity contribution is -0.135. The fourth-order valence-electron chi connectivity index (χ4n) is 7.54. The van der Waals surface area contributed by atoms with Gasteiger partial charge in [-0.25, -0.2) is 0 Å². The number of nitrogens with zero attached hydrogens (tertiary/aromatic N) is 2. The Hall–Kier alpha value is -4.12. The molecule has 0 aliphatic rings. The molecular formula is C49H90N10O6. The molecule has 0 aliphatic heterocycles. The highest BCUT2D eigenvalue weighted by Gasteiger charge is 2.23. The minimum Gasteiger partial charge on any atom is -0.354 e. The largest absolute Gasteiger partial charge is 0.354 e. The number of anilines is 2. The Morgan fingerprint density at radius 3 is 1.31 bits per heavy atom. The van der Waals surface area contributed by atoms with Gasteiger partial charge in [-0.2, -0.15) is 0 Å². The van der Waals surface area contributed by atoms with Crippen molar-refractivity contribution in [1.82, 2.24) is 20.4 Å². The van der Waals surface area contributed by atoms with Crippen LogP contribution < -0.4 is 44.2 Å². The summed E-state index contributed by atoms with van der Waals surface area (Å²) in [4.78, 5) is 83.3. The first-order valence-corrected chi connectivity index (χ1v) is 25.1. The molecule has 0 radical (unpaired) electrons. The normalized spacial score (nSPS) is 12.0. The summed E-state index contributed by atoms with van der Waals surface area (Å²) in [6.07, 6.45) is 20.5. The molecule has 0 aliphatic carbocycles. The molecule has 6 amide bonds. The molecule has 65 heavy (non-hydrogen) atoms. The van der Waals surface area contributed by atoms with Crippen molar-refractivity contribution in [2.24, 2.45) is 22.9 Å². The molecule has 0 saturated heterocycles. The first kappa shape index (κ1) is 58.9. The molecule has 16 heteroatoms. The second kappa shape index (κ2) is 38.0. The maximum absolute atomic E-state index is 13.7. The van der Waals surface area contributed by atoms with Crippen molar-refractivity contribution in [3.05, 3.63) is 23.8 Å². The van der Waals surface area contributed by atoms with Gasteiger partial charge in [0.2, 0.25) is 29.5 Å². The molecule has 1 aromatic rings. The van der Waals surface area contributed by atoms with Crippen LogP contribution in [0.3, 0.4) is 0 Å². The van der Waals surface area contributed by atoms with Crippen molar-refractivity contribution < 1.29 is 28.8 Å². The van der Waals surface area contributed by atoms with Gasteiger partial charge in [0.15, 0.2) is 0 Å². The van der Waals surface area contributed by atoms with Crippen LogP contribution in [-0.2, 0) is 24.0 Å². The molecular weight excluding hydrogens is 825 g/mol. The van der Waals surface area contributed by atoms with E-state index in [2.05, 4.69) is 42.0 Å². The third-order valence-electron chi connectivity index (χ3n) is 11.3. The average Bonchev–Trinajstić information content (AvgIpc) is 3.27. The molecule has 0 unspecified atom stereocenters. The molecule has 0 saturated carbocycles. The standard InChI is InChI=1S/C49H90N10O6/c1-4-7-10-13-16-25-44(60)54-30-31-55-49(65)39-32-42(56-45(61)37-58(35-40(52)23-19-21-28-50)47(63)26-17-14-11-8-5-2)34-43(33-39)57-46(62)38-59(36-41(53)24-20-22-29-51)48(64)27-18-15-12-9-6-3/h32-34,40-41H,4-31,35-38,50-53H2,1-3H3,(H,54,60)(H,55,65)(H,56,61)(H,57,62)/t40-,41-/m0/s1. The summed E-state index contributed by atoms with van der Waals surface area (Å²) in [6.45, 7) is 7.78. The van der Waals surface area contributed by atoms with E-state index in [-0.39, 0.29) is 86.0 Å². The molecule has 0 heterocycles. The Labute approximate surface area is 391 Å². The lowest BCUT2D eigenvalue weighted by Crippen LogP contribution is -2.45. The summed E-state index contributed by atoms with van der Waals surface area (Å²) in [5, 5.41) is 11.3. The van der Waals surface area contributed by atoms with Gasteiger partial charge in [0.25, 0.3) is 5.91 Å². The molecule has 0 aromatic heterocycles. The smallest absolute Gasteiger partial charge is 0.251 e. The van der Waals surface area contributed by atoms with Crippen molar-refractivity contribution in [3.63, 3.8) is 0 Å². The summed E-state index contributed by atoms with van der Waals surface area (Å²) in [7, 11) is 0. The van der Waals surface area contributed by atoms with Crippen LogP contribution in [0.15, 0.2) is 18.2 Å². The summed E-state index contributed by atoms with van der Waals surface area (Å²) in [5.41, 5.74) is 24.8. The highest BCUT2D eigenvalue weighted by atomic mass is 16.2. The number of unbranched alkanes of at least 4 members (excludes halogenated alkanes) is 14. The van der Waals surface area contributed by atoms with E-state index in [4.69, 9.17) is 22.9 Å². The second-order valence-electron chi connectivity index (χ2n) is 17.6. The number of benzene rings is 1. The van der Waals surface area contributed by atoms with E-state index >= 15 is 0 Å². The van der Waals surface area contributed by atoms with Crippen LogP contribution in [0.25, 0.3) is 0 Å². The zero-order valence-corrected chi connectivity index (χ0v) is 40.7. The van der Waals surface area contributed by atoms with Crippen LogP contribution in [0, 0.1) is 0 Å². The maximum atomic E-state index is 13.7. The van der Waals surface area contributed by atoms with Crippen molar-refractivity contribution in [3.8, 4) is 0 Å². The highest BCUT2D eigenvalue weighted by molar-refractivity contribution is 6.02. The number of carbonyl (C=O) groups is 6. The number of rotatable bonds is 40. The Morgan fingerprint density at radius 2 is 0.892 bits per heavy atom. The third kappa shape index (κ3) is 29.9. The quantitative estimate of drug-likeness (QED) is 0.0353.